The summed E-state index contributed by atoms with van der Waals surface area (Å²) in [6.07, 6.45) is 6.10. The number of benzene rings is 1. The van der Waals surface area contributed by atoms with Gasteiger partial charge in [0.2, 0.25) is 0 Å². The molecule has 1 aliphatic heterocycles. The molecule has 1 atom stereocenters. The molecule has 6 nitrogen and oxygen atoms in total. The van der Waals surface area contributed by atoms with Gasteiger partial charge in [-0.15, -0.1) is 11.3 Å². The maximum absolute atomic E-state index is 14.3. The first-order valence-electron chi connectivity index (χ1n) is 11.4. The van der Waals surface area contributed by atoms with E-state index in [9.17, 15) is 18.4 Å². The number of aromatic nitrogens is 1. The number of hydrogen-bond acceptors (Lipinski definition) is 4. The van der Waals surface area contributed by atoms with Crippen LogP contribution in [0.1, 0.15) is 53.1 Å². The molecule has 178 valence electrons. The lowest BCUT2D eigenvalue weighted by Crippen LogP contribution is -2.44. The maximum atomic E-state index is 14.3. The predicted octanol–water partition coefficient (Wildman–Crippen LogP) is 4.87. The third-order valence-electron chi connectivity index (χ3n) is 6.33. The van der Waals surface area contributed by atoms with E-state index >= 15 is 0 Å². The monoisotopic (exact) mass is 485 g/mol. The van der Waals surface area contributed by atoms with E-state index in [0.717, 1.165) is 48.0 Å². The van der Waals surface area contributed by atoms with E-state index < -0.39 is 29.7 Å². The number of halogens is 2. The fourth-order valence-electron chi connectivity index (χ4n) is 4.93. The number of hydrogen-bond donors (Lipinski definition) is 1. The second kappa shape index (κ2) is 9.21. The molecule has 1 aromatic carbocycles. The topological polar surface area (TPSA) is 63.6 Å². The number of carbonyl (C=O) groups is 2. The van der Waals surface area contributed by atoms with Crippen LogP contribution in [0.5, 0.6) is 0 Å². The first-order valence-corrected chi connectivity index (χ1v) is 12.2. The molecule has 0 saturated carbocycles. The zero-order valence-corrected chi connectivity index (χ0v) is 19.6. The van der Waals surface area contributed by atoms with Crippen LogP contribution >= 0.6 is 11.3 Å². The molecule has 34 heavy (non-hydrogen) atoms. The number of thiophene rings is 1. The molecule has 0 bridgehead atoms. The van der Waals surface area contributed by atoms with Gasteiger partial charge in [-0.2, -0.15) is 0 Å². The third-order valence-corrected chi connectivity index (χ3v) is 7.66. The molecule has 0 radical (unpaired) electrons. The Morgan fingerprint density at radius 3 is 2.68 bits per heavy atom. The van der Waals surface area contributed by atoms with Crippen LogP contribution < -0.4 is 5.32 Å². The Morgan fingerprint density at radius 2 is 1.91 bits per heavy atom. The smallest absolute Gasteiger partial charge is 0.325 e. The summed E-state index contributed by atoms with van der Waals surface area (Å²) in [7, 11) is 0. The first-order chi connectivity index (χ1) is 16.5. The van der Waals surface area contributed by atoms with E-state index in [4.69, 9.17) is 4.74 Å². The number of ether oxygens (including phenoxy) is 1. The van der Waals surface area contributed by atoms with E-state index in [1.807, 2.05) is 22.9 Å². The Kier molecular flexibility index (Phi) is 6.12. The fraction of sp³-hybridized carbons (Fsp3) is 0.360. The van der Waals surface area contributed by atoms with E-state index in [0.29, 0.717) is 5.56 Å². The summed E-state index contributed by atoms with van der Waals surface area (Å²) < 4.78 is 35.5. The quantitative estimate of drug-likeness (QED) is 0.536. The predicted molar refractivity (Wildman–Crippen MR) is 124 cm³/mol. The van der Waals surface area contributed by atoms with Crippen molar-refractivity contribution in [3.05, 3.63) is 75.4 Å². The van der Waals surface area contributed by atoms with Gasteiger partial charge in [0.15, 0.2) is 0 Å². The number of nitrogens with zero attached hydrogens (tertiary/aromatic N) is 2. The number of urea groups is 1. The molecule has 2 amide bonds. The average Bonchev–Trinajstić information content (AvgIpc) is 3.39. The number of nitrogens with one attached hydrogen (secondary N) is 1. The summed E-state index contributed by atoms with van der Waals surface area (Å²) in [6.45, 7) is 1.88. The zero-order valence-electron chi connectivity index (χ0n) is 18.8. The van der Waals surface area contributed by atoms with Gasteiger partial charge in [-0.3, -0.25) is 4.79 Å². The summed E-state index contributed by atoms with van der Waals surface area (Å²) in [5, 5.41) is 3.68. The van der Waals surface area contributed by atoms with Crippen molar-refractivity contribution in [1.29, 1.82) is 0 Å². The van der Waals surface area contributed by atoms with Gasteiger partial charge in [0, 0.05) is 22.7 Å². The van der Waals surface area contributed by atoms with Crippen LogP contribution in [0.4, 0.5) is 13.6 Å². The van der Waals surface area contributed by atoms with Crippen molar-refractivity contribution >= 4 is 23.3 Å². The van der Waals surface area contributed by atoms with E-state index in [2.05, 4.69) is 5.32 Å². The van der Waals surface area contributed by atoms with Crippen molar-refractivity contribution < 1.29 is 23.1 Å². The Hall–Kier alpha value is -3.20. The number of amides is 2. The highest BCUT2D eigenvalue weighted by atomic mass is 32.1. The number of fused-ring (bicyclic) bond motifs is 5. The van der Waals surface area contributed by atoms with E-state index in [-0.39, 0.29) is 19.7 Å². The number of esters is 1. The van der Waals surface area contributed by atoms with Gasteiger partial charge >= 0.3 is 12.0 Å². The molecule has 2 aliphatic rings. The summed E-state index contributed by atoms with van der Waals surface area (Å²) in [5.41, 5.74) is 3.38. The minimum Gasteiger partial charge on any atom is -0.465 e. The lowest BCUT2D eigenvalue weighted by atomic mass is 9.95. The standard InChI is InChI=1S/C25H25F2N3O3S/c1-2-33-22(31)13-28-25(32)30-14-19-18-6-3-4-8-21(18)34-24(19)29-9-5-7-20(29)23(30)15-10-16(26)12-17(27)11-15/h5,7,9-12,23H,2-4,6,8,13-14H2,1H3,(H,28,32)/t23-/m0/s1. The molecule has 3 aromatic rings. The SMILES string of the molecule is CCOC(=O)CNC(=O)N1Cc2c(sc3c2CCCC3)-n2cccc2[C@@H]1c1cc(F)cc(F)c1. The van der Waals surface area contributed by atoms with Crippen LogP contribution in [-0.4, -0.2) is 34.6 Å². The lowest BCUT2D eigenvalue weighted by Gasteiger charge is -2.31. The van der Waals surface area contributed by atoms with E-state index in [1.54, 1.807) is 23.2 Å². The number of rotatable bonds is 4. The van der Waals surface area contributed by atoms with Gasteiger partial charge < -0.3 is 19.5 Å². The number of aryl methyl sites for hydroxylation is 1. The number of carbonyl (C=O) groups excluding carboxylic acids is 2. The molecule has 2 aromatic heterocycles. The van der Waals surface area contributed by atoms with Gasteiger partial charge in [0.25, 0.3) is 0 Å². The van der Waals surface area contributed by atoms with Crippen LogP contribution in [0.25, 0.3) is 5.00 Å². The molecular weight excluding hydrogens is 460 g/mol. The van der Waals surface area contributed by atoms with Crippen molar-refractivity contribution in [3.63, 3.8) is 0 Å². The third kappa shape index (κ3) is 4.09. The highest BCUT2D eigenvalue weighted by Crippen LogP contribution is 2.44. The Morgan fingerprint density at radius 1 is 1.15 bits per heavy atom. The molecule has 0 spiro atoms. The maximum Gasteiger partial charge on any atom is 0.325 e. The Bertz CT molecular complexity index is 1230. The molecule has 1 aliphatic carbocycles. The normalized spacial score (nSPS) is 16.8. The van der Waals surface area contributed by atoms with Gasteiger partial charge in [0.05, 0.1) is 18.8 Å². The Balaban J connectivity index is 1.62. The molecular formula is C25H25F2N3O3S. The molecule has 0 unspecified atom stereocenters. The largest absolute Gasteiger partial charge is 0.465 e. The van der Waals surface area contributed by atoms with Gasteiger partial charge in [-0.25, -0.2) is 13.6 Å². The van der Waals surface area contributed by atoms with Crippen molar-refractivity contribution in [1.82, 2.24) is 14.8 Å². The summed E-state index contributed by atoms with van der Waals surface area (Å²) in [6, 6.07) is 5.82. The van der Waals surface area contributed by atoms with Crippen LogP contribution in [0, 0.1) is 11.6 Å². The second-order valence-electron chi connectivity index (χ2n) is 8.49. The molecule has 0 saturated heterocycles. The van der Waals surface area contributed by atoms with Crippen LogP contribution in [0.3, 0.4) is 0 Å². The fourth-order valence-corrected chi connectivity index (χ4v) is 6.34. The van der Waals surface area contributed by atoms with Gasteiger partial charge in [0.1, 0.15) is 29.2 Å². The van der Waals surface area contributed by atoms with Crippen molar-refractivity contribution in [2.45, 2.75) is 45.2 Å². The van der Waals surface area contributed by atoms with Crippen LogP contribution in [0.2, 0.25) is 0 Å². The van der Waals surface area contributed by atoms with Crippen LogP contribution in [-0.2, 0) is 28.9 Å². The highest BCUT2D eigenvalue weighted by molar-refractivity contribution is 7.15. The van der Waals surface area contributed by atoms with E-state index in [1.165, 1.54) is 22.6 Å². The average molecular weight is 486 g/mol. The molecule has 3 heterocycles. The molecule has 0 fully saturated rings. The van der Waals surface area contributed by atoms with Crippen LogP contribution in [0.15, 0.2) is 36.5 Å². The minimum absolute atomic E-state index is 0.210. The second-order valence-corrected chi connectivity index (χ2v) is 9.58. The summed E-state index contributed by atoms with van der Waals surface area (Å²) >= 11 is 1.72. The summed E-state index contributed by atoms with van der Waals surface area (Å²) in [5.74, 6) is -1.97. The van der Waals surface area contributed by atoms with Gasteiger partial charge in [-0.1, -0.05) is 0 Å². The minimum atomic E-state index is -0.749. The highest BCUT2D eigenvalue weighted by Gasteiger charge is 2.36. The van der Waals surface area contributed by atoms with Crippen molar-refractivity contribution in [2.75, 3.05) is 13.2 Å². The lowest BCUT2D eigenvalue weighted by molar-refractivity contribution is -0.141. The molecule has 5 rings (SSSR count). The molecule has 1 N–H and O–H groups in total. The Labute approximate surface area is 200 Å². The molecule has 9 heteroatoms. The first kappa shape index (κ1) is 22.6. The van der Waals surface area contributed by atoms with Crippen molar-refractivity contribution in [2.24, 2.45) is 0 Å². The van der Waals surface area contributed by atoms with Crippen molar-refractivity contribution in [3.8, 4) is 5.00 Å². The van der Waals surface area contributed by atoms with Gasteiger partial charge in [-0.05, 0) is 68.0 Å². The zero-order chi connectivity index (χ0) is 23.8. The summed E-state index contributed by atoms with van der Waals surface area (Å²) in [4.78, 5) is 28.2.